The van der Waals surface area contributed by atoms with Gasteiger partial charge in [0.15, 0.2) is 15.6 Å². The largest absolute Gasteiger partial charge is 0.403 e. The fourth-order valence-corrected chi connectivity index (χ4v) is 2.45. The van der Waals surface area contributed by atoms with Crippen LogP contribution in [-0.2, 0) is 16.3 Å². The van der Waals surface area contributed by atoms with E-state index in [0.29, 0.717) is 5.56 Å². The van der Waals surface area contributed by atoms with Gasteiger partial charge in [-0.25, -0.2) is 8.42 Å². The Morgan fingerprint density at radius 3 is 2.47 bits per heavy atom. The lowest BCUT2D eigenvalue weighted by molar-refractivity contribution is -0.106. The van der Waals surface area contributed by atoms with E-state index >= 15 is 0 Å². The van der Waals surface area contributed by atoms with Crippen LogP contribution in [0, 0.1) is 11.3 Å². The smallest absolute Gasteiger partial charge is 0.223 e. The van der Waals surface area contributed by atoms with Crippen molar-refractivity contribution in [2.45, 2.75) is 17.5 Å². The van der Waals surface area contributed by atoms with Gasteiger partial charge in [0, 0.05) is 0 Å². The van der Waals surface area contributed by atoms with Gasteiger partial charge in [0.05, 0.1) is 17.4 Å². The Hall–Kier alpha value is -1.55. The lowest BCUT2D eigenvalue weighted by Gasteiger charge is -2.08. The molecule has 0 heterocycles. The first-order valence-corrected chi connectivity index (χ1v) is 6.15. The maximum Gasteiger partial charge on any atom is 0.403 e. The summed E-state index contributed by atoms with van der Waals surface area (Å²) in [6.45, 7) is 0. The second-order valence-corrected chi connectivity index (χ2v) is 5.35. The molecule has 0 aromatic heterocycles. The van der Waals surface area contributed by atoms with Crippen molar-refractivity contribution in [1.82, 2.24) is 0 Å². The molecule has 7 heteroatoms. The lowest BCUT2D eigenvalue weighted by atomic mass is 10.2. The Kier molecular flexibility index (Phi) is 3.78. The molecule has 1 aromatic carbocycles. The molecule has 0 bridgehead atoms. The molecule has 1 aromatic rings. The van der Waals surface area contributed by atoms with Gasteiger partial charge in [-0.05, 0) is 17.7 Å². The quantitative estimate of drug-likeness (QED) is 0.839. The molecule has 0 amide bonds. The van der Waals surface area contributed by atoms with Crippen LogP contribution in [0.2, 0.25) is 0 Å². The molecule has 0 spiro atoms. The van der Waals surface area contributed by atoms with Crippen LogP contribution in [0.3, 0.4) is 0 Å². The highest BCUT2D eigenvalue weighted by Crippen LogP contribution is 2.23. The molecule has 0 fully saturated rings. The Balaban J connectivity index is 3.08. The van der Waals surface area contributed by atoms with Gasteiger partial charge in [-0.2, -0.15) is 18.4 Å². The van der Waals surface area contributed by atoms with Gasteiger partial charge < -0.3 is 0 Å². The van der Waals surface area contributed by atoms with Gasteiger partial charge in [-0.3, -0.25) is 0 Å². The Morgan fingerprint density at radius 2 is 1.94 bits per heavy atom. The van der Waals surface area contributed by atoms with Crippen molar-refractivity contribution >= 4 is 9.84 Å². The van der Waals surface area contributed by atoms with Gasteiger partial charge in [0.25, 0.3) is 0 Å². The second kappa shape index (κ2) is 4.75. The minimum absolute atomic E-state index is 0.0463. The molecular formula is C10H8F3NO2S. The van der Waals surface area contributed by atoms with E-state index in [9.17, 15) is 21.6 Å². The number of nitriles is 1. The summed E-state index contributed by atoms with van der Waals surface area (Å²) in [4.78, 5) is -0.414. The summed E-state index contributed by atoms with van der Waals surface area (Å²) in [7, 11) is -4.39. The number of rotatable bonds is 3. The van der Waals surface area contributed by atoms with Crippen LogP contribution < -0.4 is 0 Å². The predicted octanol–water partition coefficient (Wildman–Crippen LogP) is 2.09. The zero-order valence-corrected chi connectivity index (χ0v) is 9.35. The molecule has 92 valence electrons. The first-order chi connectivity index (χ1) is 7.74. The third-order valence-corrected chi connectivity index (χ3v) is 3.57. The first-order valence-electron chi connectivity index (χ1n) is 4.50. The number of alkyl halides is 3. The summed E-state index contributed by atoms with van der Waals surface area (Å²) >= 11 is 0. The van der Waals surface area contributed by atoms with Crippen LogP contribution in [0.1, 0.15) is 5.56 Å². The average molecular weight is 263 g/mol. The van der Waals surface area contributed by atoms with Gasteiger partial charge in [0.2, 0.25) is 0 Å². The molecule has 0 radical (unpaired) electrons. The van der Waals surface area contributed by atoms with Crippen molar-refractivity contribution < 1.29 is 21.6 Å². The van der Waals surface area contributed by atoms with Gasteiger partial charge in [-0.1, -0.05) is 12.1 Å². The monoisotopic (exact) mass is 263 g/mol. The van der Waals surface area contributed by atoms with Crippen molar-refractivity contribution in [1.29, 1.82) is 5.26 Å². The number of sulfone groups is 1. The van der Waals surface area contributed by atoms with E-state index in [1.807, 2.05) is 0 Å². The van der Waals surface area contributed by atoms with E-state index in [1.165, 1.54) is 12.1 Å². The van der Waals surface area contributed by atoms with Gasteiger partial charge in [-0.15, -0.1) is 0 Å². The van der Waals surface area contributed by atoms with Crippen LogP contribution >= 0.6 is 0 Å². The molecule has 0 aliphatic rings. The van der Waals surface area contributed by atoms with Crippen molar-refractivity contribution in [3.05, 3.63) is 29.8 Å². The molecule has 0 unspecified atom stereocenters. The minimum atomic E-state index is -4.77. The van der Waals surface area contributed by atoms with Crippen LogP contribution in [-0.4, -0.2) is 20.3 Å². The predicted molar refractivity (Wildman–Crippen MR) is 53.9 cm³/mol. The number of nitrogens with zero attached hydrogens (tertiary/aromatic N) is 1. The maximum absolute atomic E-state index is 12.1. The minimum Gasteiger partial charge on any atom is -0.223 e. The van der Waals surface area contributed by atoms with E-state index < -0.39 is 26.7 Å². The van der Waals surface area contributed by atoms with Gasteiger partial charge >= 0.3 is 6.18 Å². The zero-order valence-electron chi connectivity index (χ0n) is 8.53. The Morgan fingerprint density at radius 1 is 1.29 bits per heavy atom. The van der Waals surface area contributed by atoms with Crippen molar-refractivity contribution in [2.24, 2.45) is 0 Å². The van der Waals surface area contributed by atoms with E-state index in [-0.39, 0.29) is 6.42 Å². The fraction of sp³-hybridized carbons (Fsp3) is 0.300. The topological polar surface area (TPSA) is 57.9 Å². The lowest BCUT2D eigenvalue weighted by Crippen LogP contribution is -2.22. The van der Waals surface area contributed by atoms with E-state index in [4.69, 9.17) is 5.26 Å². The first kappa shape index (κ1) is 13.5. The highest BCUT2D eigenvalue weighted by Gasteiger charge is 2.35. The van der Waals surface area contributed by atoms with Crippen LogP contribution in [0.25, 0.3) is 0 Å². The third kappa shape index (κ3) is 4.07. The standard InChI is InChI=1S/C10H8F3NO2S/c11-10(12,13)7-17(15,16)9-3-1-2-8(6-9)4-5-14/h1-3,6H,4,7H2. The molecule has 17 heavy (non-hydrogen) atoms. The normalized spacial score (nSPS) is 12.1. The SMILES string of the molecule is N#CCc1cccc(S(=O)(=O)CC(F)(F)F)c1. The van der Waals surface area contributed by atoms with E-state index in [1.54, 1.807) is 6.07 Å². The summed E-state index contributed by atoms with van der Waals surface area (Å²) < 4.78 is 59.0. The summed E-state index contributed by atoms with van der Waals surface area (Å²) in [6.07, 6.45) is -4.82. The van der Waals surface area contributed by atoms with Crippen molar-refractivity contribution in [3.63, 3.8) is 0 Å². The number of halogens is 3. The molecule has 0 aliphatic heterocycles. The summed E-state index contributed by atoms with van der Waals surface area (Å²) in [5.41, 5.74) is 0.371. The highest BCUT2D eigenvalue weighted by molar-refractivity contribution is 7.91. The fourth-order valence-electron chi connectivity index (χ4n) is 1.24. The van der Waals surface area contributed by atoms with Crippen LogP contribution in [0.5, 0.6) is 0 Å². The number of benzene rings is 1. The number of hydrogen-bond donors (Lipinski definition) is 0. The maximum atomic E-state index is 12.1. The summed E-state index contributed by atoms with van der Waals surface area (Å²) in [5.74, 6) is -1.89. The molecule has 0 aliphatic carbocycles. The molecule has 0 saturated heterocycles. The summed E-state index contributed by atoms with van der Waals surface area (Å²) in [5, 5.41) is 8.42. The molecule has 0 saturated carbocycles. The van der Waals surface area contributed by atoms with Crippen molar-refractivity contribution in [2.75, 3.05) is 5.75 Å². The molecular weight excluding hydrogens is 255 g/mol. The molecule has 3 nitrogen and oxygen atoms in total. The van der Waals surface area contributed by atoms with Crippen molar-refractivity contribution in [3.8, 4) is 6.07 Å². The molecule has 0 atom stereocenters. The number of hydrogen-bond acceptors (Lipinski definition) is 3. The average Bonchev–Trinajstić information content (AvgIpc) is 2.15. The molecule has 0 N–H and O–H groups in total. The van der Waals surface area contributed by atoms with Crippen LogP contribution in [0.15, 0.2) is 29.2 Å². The Labute approximate surface area is 96.4 Å². The Bertz CT molecular complexity index is 543. The zero-order chi connectivity index (χ0) is 13.1. The highest BCUT2D eigenvalue weighted by atomic mass is 32.2. The molecule has 1 rings (SSSR count). The second-order valence-electron chi connectivity index (χ2n) is 3.36. The van der Waals surface area contributed by atoms with E-state index in [2.05, 4.69) is 0 Å². The van der Waals surface area contributed by atoms with Gasteiger partial charge in [0.1, 0.15) is 0 Å². The van der Waals surface area contributed by atoms with E-state index in [0.717, 1.165) is 12.1 Å². The van der Waals surface area contributed by atoms with Crippen LogP contribution in [0.4, 0.5) is 13.2 Å². The summed E-state index contributed by atoms with van der Waals surface area (Å²) in [6, 6.07) is 6.76. The third-order valence-electron chi connectivity index (χ3n) is 1.89.